The van der Waals surface area contributed by atoms with Gasteiger partial charge in [0.05, 0.1) is 10.6 Å². The van der Waals surface area contributed by atoms with Crippen LogP contribution in [0.1, 0.15) is 17.7 Å². The van der Waals surface area contributed by atoms with Crippen LogP contribution in [-0.2, 0) is 12.8 Å². The number of aryl methyl sites for hydroxylation is 1. The highest BCUT2D eigenvalue weighted by atomic mass is 35.5. The Balaban J connectivity index is 2.18. The summed E-state index contributed by atoms with van der Waals surface area (Å²) >= 11 is 5.81. The van der Waals surface area contributed by atoms with Crippen molar-refractivity contribution in [3.8, 4) is 11.4 Å². The molecule has 98 valence electrons. The number of anilines is 1. The molecule has 0 atom stereocenters. The molecule has 1 aliphatic rings. The summed E-state index contributed by atoms with van der Waals surface area (Å²) in [7, 11) is 1.82. The lowest BCUT2D eigenvalue weighted by atomic mass is 10.1. The van der Waals surface area contributed by atoms with E-state index >= 15 is 0 Å². The van der Waals surface area contributed by atoms with Gasteiger partial charge in [0, 0.05) is 18.3 Å². The van der Waals surface area contributed by atoms with Gasteiger partial charge in [-0.2, -0.15) is 0 Å². The van der Waals surface area contributed by atoms with Crippen LogP contribution in [0.4, 0.5) is 10.2 Å². The van der Waals surface area contributed by atoms with Crippen molar-refractivity contribution in [2.24, 2.45) is 0 Å². The molecular formula is C14H13ClFN3. The predicted octanol–water partition coefficient (Wildman–Crippen LogP) is 3.47. The van der Waals surface area contributed by atoms with E-state index in [1.54, 1.807) is 12.1 Å². The average Bonchev–Trinajstić information content (AvgIpc) is 2.89. The van der Waals surface area contributed by atoms with Gasteiger partial charge in [0.25, 0.3) is 0 Å². The van der Waals surface area contributed by atoms with Crippen LogP contribution in [0.3, 0.4) is 0 Å². The average molecular weight is 278 g/mol. The number of hydrogen-bond donors (Lipinski definition) is 1. The molecule has 0 unspecified atom stereocenters. The van der Waals surface area contributed by atoms with Gasteiger partial charge in [-0.05, 0) is 31.4 Å². The van der Waals surface area contributed by atoms with Crippen molar-refractivity contribution >= 4 is 17.4 Å². The van der Waals surface area contributed by atoms with Gasteiger partial charge in [-0.15, -0.1) is 0 Å². The highest BCUT2D eigenvalue weighted by Gasteiger charge is 2.20. The van der Waals surface area contributed by atoms with Gasteiger partial charge >= 0.3 is 0 Å². The lowest BCUT2D eigenvalue weighted by Crippen LogP contribution is -2.04. The van der Waals surface area contributed by atoms with Gasteiger partial charge in [-0.25, -0.2) is 14.4 Å². The molecule has 3 nitrogen and oxygen atoms in total. The van der Waals surface area contributed by atoms with E-state index in [0.29, 0.717) is 11.4 Å². The summed E-state index contributed by atoms with van der Waals surface area (Å²) in [6.07, 6.45) is 2.96. The molecule has 5 heteroatoms. The second kappa shape index (κ2) is 4.78. The lowest BCUT2D eigenvalue weighted by Gasteiger charge is -2.10. The fourth-order valence-electron chi connectivity index (χ4n) is 2.44. The largest absolute Gasteiger partial charge is 0.373 e. The van der Waals surface area contributed by atoms with Crippen LogP contribution in [0.2, 0.25) is 5.02 Å². The first kappa shape index (κ1) is 12.4. The van der Waals surface area contributed by atoms with Crippen LogP contribution in [0, 0.1) is 5.82 Å². The van der Waals surface area contributed by atoms with E-state index in [0.717, 1.165) is 36.3 Å². The molecule has 0 radical (unpaired) electrons. The van der Waals surface area contributed by atoms with Crippen molar-refractivity contribution in [3.63, 3.8) is 0 Å². The van der Waals surface area contributed by atoms with Gasteiger partial charge in [0.1, 0.15) is 5.82 Å². The zero-order chi connectivity index (χ0) is 13.4. The van der Waals surface area contributed by atoms with Crippen LogP contribution in [0.5, 0.6) is 0 Å². The Morgan fingerprint density at radius 3 is 2.89 bits per heavy atom. The second-order valence-corrected chi connectivity index (χ2v) is 4.93. The Morgan fingerprint density at radius 2 is 2.11 bits per heavy atom. The molecular weight excluding hydrogens is 265 g/mol. The Morgan fingerprint density at radius 1 is 1.26 bits per heavy atom. The van der Waals surface area contributed by atoms with Gasteiger partial charge in [0.15, 0.2) is 11.6 Å². The molecule has 19 heavy (non-hydrogen) atoms. The summed E-state index contributed by atoms with van der Waals surface area (Å²) < 4.78 is 14.0. The molecule has 0 saturated heterocycles. The van der Waals surface area contributed by atoms with Crippen LogP contribution in [0.25, 0.3) is 11.4 Å². The summed E-state index contributed by atoms with van der Waals surface area (Å²) in [5.74, 6) is 0.714. The van der Waals surface area contributed by atoms with Crippen molar-refractivity contribution in [2.45, 2.75) is 19.3 Å². The van der Waals surface area contributed by atoms with Crippen molar-refractivity contribution in [1.82, 2.24) is 9.97 Å². The van der Waals surface area contributed by atoms with E-state index < -0.39 is 5.82 Å². The number of rotatable bonds is 2. The van der Waals surface area contributed by atoms with Crippen LogP contribution in [-0.4, -0.2) is 17.0 Å². The first-order chi connectivity index (χ1) is 9.20. The first-order valence-electron chi connectivity index (χ1n) is 6.22. The summed E-state index contributed by atoms with van der Waals surface area (Å²) in [6, 6.07) is 4.88. The maximum atomic E-state index is 14.0. The van der Waals surface area contributed by atoms with Crippen LogP contribution >= 0.6 is 11.6 Å². The van der Waals surface area contributed by atoms with E-state index in [9.17, 15) is 4.39 Å². The zero-order valence-corrected chi connectivity index (χ0v) is 11.3. The summed E-state index contributed by atoms with van der Waals surface area (Å²) in [5.41, 5.74) is 2.50. The minimum Gasteiger partial charge on any atom is -0.373 e. The Kier molecular flexibility index (Phi) is 3.11. The molecule has 2 aromatic rings. The van der Waals surface area contributed by atoms with Crippen LogP contribution < -0.4 is 5.32 Å². The van der Waals surface area contributed by atoms with Crippen molar-refractivity contribution in [2.75, 3.05) is 12.4 Å². The van der Waals surface area contributed by atoms with E-state index in [1.165, 1.54) is 6.07 Å². The van der Waals surface area contributed by atoms with E-state index in [2.05, 4.69) is 15.3 Å². The molecule has 1 aliphatic carbocycles. The number of aromatic nitrogens is 2. The molecule has 1 aromatic carbocycles. The molecule has 0 aliphatic heterocycles. The molecule has 0 bridgehead atoms. The third-order valence-corrected chi connectivity index (χ3v) is 3.65. The zero-order valence-electron chi connectivity index (χ0n) is 10.5. The maximum absolute atomic E-state index is 14.0. The maximum Gasteiger partial charge on any atom is 0.164 e. The Labute approximate surface area is 115 Å². The Bertz CT molecular complexity index is 643. The SMILES string of the molecule is CNc1nc(-c2cccc(Cl)c2F)nc2c1CCC2. The number of nitrogens with one attached hydrogen (secondary N) is 1. The highest BCUT2D eigenvalue weighted by Crippen LogP contribution is 2.31. The Hall–Kier alpha value is -1.68. The quantitative estimate of drug-likeness (QED) is 0.913. The number of benzene rings is 1. The standard InChI is InChI=1S/C14H13ClFN3/c1-17-13-8-4-3-7-11(8)18-14(19-13)9-5-2-6-10(15)12(9)16/h2,5-6H,3-4,7H2,1H3,(H,17,18,19). The summed E-state index contributed by atoms with van der Waals surface area (Å²) in [6.45, 7) is 0. The van der Waals surface area contributed by atoms with Crippen LogP contribution in [0.15, 0.2) is 18.2 Å². The number of nitrogens with zero attached hydrogens (tertiary/aromatic N) is 2. The van der Waals surface area contributed by atoms with Crippen molar-refractivity contribution < 1.29 is 4.39 Å². The molecule has 3 rings (SSSR count). The van der Waals surface area contributed by atoms with E-state index in [1.807, 2.05) is 7.05 Å². The monoisotopic (exact) mass is 277 g/mol. The minimum atomic E-state index is -0.468. The first-order valence-corrected chi connectivity index (χ1v) is 6.60. The molecule has 1 N–H and O–H groups in total. The van der Waals surface area contributed by atoms with Gasteiger partial charge < -0.3 is 5.32 Å². The van der Waals surface area contributed by atoms with E-state index in [-0.39, 0.29) is 5.02 Å². The summed E-state index contributed by atoms with van der Waals surface area (Å²) in [4.78, 5) is 8.90. The van der Waals surface area contributed by atoms with E-state index in [4.69, 9.17) is 11.6 Å². The number of halogens is 2. The smallest absolute Gasteiger partial charge is 0.164 e. The molecule has 0 spiro atoms. The predicted molar refractivity (Wildman–Crippen MR) is 74.0 cm³/mol. The van der Waals surface area contributed by atoms with Gasteiger partial charge in [0.2, 0.25) is 0 Å². The third kappa shape index (κ3) is 2.06. The third-order valence-electron chi connectivity index (χ3n) is 3.36. The van der Waals surface area contributed by atoms with Gasteiger partial charge in [-0.3, -0.25) is 0 Å². The fraction of sp³-hybridized carbons (Fsp3) is 0.286. The van der Waals surface area contributed by atoms with Crippen molar-refractivity contribution in [1.29, 1.82) is 0 Å². The summed E-state index contributed by atoms with van der Waals surface area (Å²) in [5, 5.41) is 3.16. The highest BCUT2D eigenvalue weighted by molar-refractivity contribution is 6.31. The molecule has 0 fully saturated rings. The van der Waals surface area contributed by atoms with Crippen molar-refractivity contribution in [3.05, 3.63) is 40.3 Å². The number of hydrogen-bond acceptors (Lipinski definition) is 3. The van der Waals surface area contributed by atoms with Gasteiger partial charge in [-0.1, -0.05) is 17.7 Å². The molecule has 0 saturated carbocycles. The number of fused-ring (bicyclic) bond motifs is 1. The molecule has 1 aromatic heterocycles. The lowest BCUT2D eigenvalue weighted by molar-refractivity contribution is 0.630. The molecule has 1 heterocycles. The topological polar surface area (TPSA) is 37.8 Å². The normalized spacial score (nSPS) is 13.4. The minimum absolute atomic E-state index is 0.0904. The fourth-order valence-corrected chi connectivity index (χ4v) is 2.61. The second-order valence-electron chi connectivity index (χ2n) is 4.53. The molecule has 0 amide bonds.